The van der Waals surface area contributed by atoms with Gasteiger partial charge in [0.05, 0.1) is 22.4 Å². The van der Waals surface area contributed by atoms with Gasteiger partial charge in [0.15, 0.2) is 5.82 Å². The molecule has 15 heteroatoms. The van der Waals surface area contributed by atoms with Crippen LogP contribution in [0.1, 0.15) is 93.5 Å². The van der Waals surface area contributed by atoms with Crippen molar-refractivity contribution in [1.29, 1.82) is 0 Å². The van der Waals surface area contributed by atoms with Crippen LogP contribution in [0, 0.1) is 0 Å². The van der Waals surface area contributed by atoms with Crippen LogP contribution in [0.15, 0.2) is 65.6 Å². The number of rotatable bonds is 7. The minimum atomic E-state index is -0.674. The van der Waals surface area contributed by atoms with E-state index in [-0.39, 0.29) is 23.8 Å². The molecule has 2 bridgehead atoms. The van der Waals surface area contributed by atoms with Crippen molar-refractivity contribution in [2.24, 2.45) is 7.05 Å². The summed E-state index contributed by atoms with van der Waals surface area (Å²) >= 11 is 0. The predicted octanol–water partition coefficient (Wildman–Crippen LogP) is 4.62. The minimum absolute atomic E-state index is 0.167. The molecule has 0 spiro atoms. The van der Waals surface area contributed by atoms with E-state index in [9.17, 15) is 19.5 Å². The van der Waals surface area contributed by atoms with E-state index in [1.165, 1.54) is 5.56 Å². The van der Waals surface area contributed by atoms with E-state index in [4.69, 9.17) is 15.7 Å². The van der Waals surface area contributed by atoms with Crippen molar-refractivity contribution in [3.8, 4) is 17.0 Å². The van der Waals surface area contributed by atoms with Gasteiger partial charge in [-0.2, -0.15) is 0 Å². The van der Waals surface area contributed by atoms with Crippen molar-refractivity contribution in [1.82, 2.24) is 39.5 Å². The van der Waals surface area contributed by atoms with E-state index < -0.39 is 11.9 Å². The molecule has 306 valence electrons. The van der Waals surface area contributed by atoms with Crippen LogP contribution in [0.5, 0.6) is 5.75 Å². The number of nitrogen functional groups attached to an aromatic ring is 1. The maximum Gasteiger partial charge on any atom is 0.329 e. The van der Waals surface area contributed by atoms with E-state index >= 15 is 0 Å². The number of para-hydroxylation sites is 1. The summed E-state index contributed by atoms with van der Waals surface area (Å²) in [4.78, 5) is 55.3. The molecule has 4 N–H and O–H groups in total. The van der Waals surface area contributed by atoms with Gasteiger partial charge in [0, 0.05) is 62.4 Å². The van der Waals surface area contributed by atoms with Crippen molar-refractivity contribution in [2.75, 3.05) is 41.7 Å². The van der Waals surface area contributed by atoms with Crippen LogP contribution >= 0.6 is 0 Å². The highest BCUT2D eigenvalue weighted by Gasteiger charge is 2.42. The molecule has 3 atom stereocenters. The summed E-state index contributed by atoms with van der Waals surface area (Å²) in [6.07, 6.45) is 11.2. The number of likely N-dealkylation sites (tertiary alicyclic amines) is 1. The SMILES string of the molecule is Cn1c(=O)n(C2CCC(=O)NC2=O)c2ccc([C@H]3CC[C@@H](N4CCC(c5nccc(N6C7CCC6CN(c6cc(-c8ccccc8O)nnc6N)C7)n5)CC4)CC3)cc21. The number of benzene rings is 2. The number of piperidine rings is 2. The average Bonchev–Trinajstić information content (AvgIpc) is 3.67. The maximum atomic E-state index is 13.3. The van der Waals surface area contributed by atoms with Crippen LogP contribution in [0.2, 0.25) is 0 Å². The fraction of sp³-hybridized carbons (Fsp3) is 0.477. The number of nitrogens with two attached hydrogens (primary N) is 1. The Labute approximate surface area is 342 Å². The standard InChI is InChI=1S/C44H51N11O4/c1-51-36-22-28(8-13-34(36)55(44(51)59)35-14-15-40(57)48-43(35)58)26-6-9-29(10-7-26)52-20-17-27(18-21-52)42-46-19-16-39(47-42)54-30-11-12-31(54)25-53(24-30)37-23-33(49-50-41(37)45)32-4-2-3-5-38(32)56/h2-5,8,13,16,19,22-23,26-27,29-31,35,56H,6-7,9-12,14-15,17-18,20-21,24-25H2,1H3,(H2,45,50)(H,48,57,58)/t26-,29+,30?,31?,35?. The highest BCUT2D eigenvalue weighted by atomic mass is 16.3. The first-order valence-electron chi connectivity index (χ1n) is 21.3. The van der Waals surface area contributed by atoms with Crippen molar-refractivity contribution in [3.05, 3.63) is 82.7 Å². The largest absolute Gasteiger partial charge is 0.507 e. The maximum absolute atomic E-state index is 13.3. The molecule has 0 radical (unpaired) electrons. The van der Waals surface area contributed by atoms with E-state index in [1.807, 2.05) is 30.5 Å². The Balaban J connectivity index is 0.755. The van der Waals surface area contributed by atoms with Crippen molar-refractivity contribution < 1.29 is 14.7 Å². The van der Waals surface area contributed by atoms with Gasteiger partial charge in [-0.1, -0.05) is 18.2 Å². The molecule has 59 heavy (non-hydrogen) atoms. The number of phenols is 1. The van der Waals surface area contributed by atoms with E-state index in [0.29, 0.717) is 53.5 Å². The average molecular weight is 798 g/mol. The number of nitrogens with zero attached hydrogens (tertiary/aromatic N) is 9. The predicted molar refractivity (Wildman–Crippen MR) is 224 cm³/mol. The summed E-state index contributed by atoms with van der Waals surface area (Å²) in [5, 5.41) is 21.4. The minimum Gasteiger partial charge on any atom is -0.507 e. The summed E-state index contributed by atoms with van der Waals surface area (Å²) < 4.78 is 3.19. The summed E-state index contributed by atoms with van der Waals surface area (Å²) in [7, 11) is 1.76. The molecule has 4 aliphatic heterocycles. The lowest BCUT2D eigenvalue weighted by Gasteiger charge is -2.43. The Bertz CT molecular complexity index is 2470. The summed E-state index contributed by atoms with van der Waals surface area (Å²) in [5.41, 5.74) is 11.1. The summed E-state index contributed by atoms with van der Waals surface area (Å²) in [5.74, 6) is 2.61. The zero-order chi connectivity index (χ0) is 40.4. The Morgan fingerprint density at radius 3 is 2.29 bits per heavy atom. The molecule has 3 aromatic heterocycles. The number of nitrogens with one attached hydrogen (secondary N) is 1. The number of imide groups is 1. The number of piperazine rings is 1. The Hall–Kier alpha value is -5.83. The molecule has 5 fully saturated rings. The topological polar surface area (TPSA) is 181 Å². The third-order valence-electron chi connectivity index (χ3n) is 13.9. The normalized spacial score (nSPS) is 25.5. The second-order valence-corrected chi connectivity index (χ2v) is 17.2. The number of aryl methyl sites for hydroxylation is 1. The number of fused-ring (bicyclic) bond motifs is 3. The molecular weight excluding hydrogens is 747 g/mol. The number of imidazole rings is 1. The lowest BCUT2D eigenvalue weighted by Crippen LogP contribution is -2.54. The second kappa shape index (κ2) is 15.1. The summed E-state index contributed by atoms with van der Waals surface area (Å²) in [6, 6.07) is 17.9. The number of aromatic nitrogens is 6. The van der Waals surface area contributed by atoms with Crippen molar-refractivity contribution in [2.45, 2.75) is 100 Å². The highest BCUT2D eigenvalue weighted by molar-refractivity contribution is 6.00. The zero-order valence-corrected chi connectivity index (χ0v) is 33.4. The molecule has 5 aliphatic rings. The van der Waals surface area contributed by atoms with Gasteiger partial charge in [-0.25, -0.2) is 14.8 Å². The highest BCUT2D eigenvalue weighted by Crippen LogP contribution is 2.41. The van der Waals surface area contributed by atoms with Crippen LogP contribution < -0.4 is 26.5 Å². The van der Waals surface area contributed by atoms with Gasteiger partial charge in [-0.3, -0.25) is 24.0 Å². The lowest BCUT2D eigenvalue weighted by molar-refractivity contribution is -0.135. The monoisotopic (exact) mass is 797 g/mol. The molecule has 2 amide bonds. The molecule has 10 rings (SSSR count). The molecule has 1 saturated carbocycles. The lowest BCUT2D eigenvalue weighted by atomic mass is 9.80. The van der Waals surface area contributed by atoms with E-state index in [0.717, 1.165) is 106 Å². The number of anilines is 3. The number of carbonyl (C=O) groups is 2. The van der Waals surface area contributed by atoms with Crippen LogP contribution in [-0.4, -0.2) is 95.4 Å². The Morgan fingerprint density at radius 2 is 1.54 bits per heavy atom. The first kappa shape index (κ1) is 37.4. The van der Waals surface area contributed by atoms with E-state index in [1.54, 1.807) is 28.3 Å². The van der Waals surface area contributed by atoms with Gasteiger partial charge in [0.2, 0.25) is 11.8 Å². The third kappa shape index (κ3) is 6.78. The molecule has 3 unspecified atom stereocenters. The van der Waals surface area contributed by atoms with Gasteiger partial charge >= 0.3 is 5.69 Å². The molecule has 15 nitrogen and oxygen atoms in total. The number of aromatic hydroxyl groups is 1. The number of hydrogen-bond donors (Lipinski definition) is 3. The van der Waals surface area contributed by atoms with Crippen LogP contribution in [0.25, 0.3) is 22.3 Å². The van der Waals surface area contributed by atoms with Crippen LogP contribution in [-0.2, 0) is 16.6 Å². The van der Waals surface area contributed by atoms with Gasteiger partial charge in [-0.05, 0) is 119 Å². The molecule has 7 heterocycles. The van der Waals surface area contributed by atoms with Gasteiger partial charge < -0.3 is 25.5 Å². The first-order valence-corrected chi connectivity index (χ1v) is 21.3. The fourth-order valence-corrected chi connectivity index (χ4v) is 10.8. The first-order chi connectivity index (χ1) is 28.7. The van der Waals surface area contributed by atoms with E-state index in [2.05, 4.69) is 48.4 Å². The zero-order valence-electron chi connectivity index (χ0n) is 33.4. The second-order valence-electron chi connectivity index (χ2n) is 17.2. The van der Waals surface area contributed by atoms with Crippen LogP contribution in [0.4, 0.5) is 17.3 Å². The summed E-state index contributed by atoms with van der Waals surface area (Å²) in [6.45, 7) is 3.70. The molecule has 2 aromatic carbocycles. The molecule has 4 saturated heterocycles. The molecule has 5 aromatic rings. The number of amides is 2. The fourth-order valence-electron chi connectivity index (χ4n) is 10.8. The van der Waals surface area contributed by atoms with Crippen molar-refractivity contribution in [3.63, 3.8) is 0 Å². The number of hydrogen-bond acceptors (Lipinski definition) is 12. The number of phenolic OH excluding ortho intramolecular Hbond substituents is 1. The Kier molecular flexibility index (Phi) is 9.57. The Morgan fingerprint density at radius 1 is 0.797 bits per heavy atom. The number of carbonyl (C=O) groups excluding carboxylic acids is 2. The quantitative estimate of drug-likeness (QED) is 0.195. The van der Waals surface area contributed by atoms with Gasteiger partial charge in [0.25, 0.3) is 0 Å². The van der Waals surface area contributed by atoms with Gasteiger partial charge in [0.1, 0.15) is 23.4 Å². The molecular formula is C44H51N11O4. The van der Waals surface area contributed by atoms with Crippen molar-refractivity contribution >= 4 is 40.2 Å². The third-order valence-corrected chi connectivity index (χ3v) is 13.9. The smallest absolute Gasteiger partial charge is 0.329 e. The molecule has 1 aliphatic carbocycles. The van der Waals surface area contributed by atoms with Gasteiger partial charge in [-0.15, -0.1) is 10.2 Å². The van der Waals surface area contributed by atoms with Crippen LogP contribution in [0.3, 0.4) is 0 Å².